The molecular weight excluding hydrogens is 916 g/mol. The van der Waals surface area contributed by atoms with Crippen LogP contribution in [-0.4, -0.2) is 92.4 Å². The molecule has 0 aliphatic carbocycles. The predicted octanol–water partition coefficient (Wildman–Crippen LogP) is 10.3. The van der Waals surface area contributed by atoms with Gasteiger partial charge in [-0.15, -0.1) is 0 Å². The van der Waals surface area contributed by atoms with Gasteiger partial charge in [0.15, 0.2) is 0 Å². The molecule has 0 aliphatic heterocycles. The molecule has 8 N–H and O–H groups in total. The maximum atomic E-state index is 13.5. The molecule has 0 radical (unpaired) electrons. The van der Waals surface area contributed by atoms with Crippen molar-refractivity contribution in [2.75, 3.05) is 19.8 Å². The number of nitrogens with one attached hydrogen (secondary N) is 3. The van der Waals surface area contributed by atoms with Crippen molar-refractivity contribution in [3.8, 4) is 0 Å². The molecule has 19 heteroatoms. The van der Waals surface area contributed by atoms with Crippen molar-refractivity contribution in [1.29, 1.82) is 0 Å². The number of unbranched alkanes of at least 4 members (excludes halogenated alkanes) is 24. The van der Waals surface area contributed by atoms with Crippen LogP contribution in [0.3, 0.4) is 0 Å². The summed E-state index contributed by atoms with van der Waals surface area (Å²) in [6, 6.07) is -2.15. The standard InChI is InChI=1S/C49H97N3O14P2/c1-4-7-10-13-16-19-22-25-28-33-43(53)39-46(54)51-42(41-65-68(61,62)63)32-31-37-50-49(57)45(36-38-64-67(58,59)60)52-47(55)40-44(34-29-26-23-20-17-14-11-8-5-2)66-48(56)35-30-27-24-21-18-15-12-9-6-3/h42-45,53H,4-41H2,1-3H3,(H,50,57)(H,51,54)(H,52,55)(H2,58,59,60)(H2,61,62,63). The third-order valence-corrected chi connectivity index (χ3v) is 13.0. The number of ether oxygens (including phenoxy) is 1. The SMILES string of the molecule is CCCCCCCCCCCC(=O)OC(CCCCCCCCCCC)CC(=O)NC(CCOP(=O)(O)O)C(=O)NCCCC(COP(=O)(O)O)NC(=O)CC(O)CCCCCCCCCCC. The molecule has 0 rings (SSSR count). The van der Waals surface area contributed by atoms with Crippen LogP contribution in [0.25, 0.3) is 0 Å². The Morgan fingerprint density at radius 1 is 0.500 bits per heavy atom. The molecule has 0 aliphatic rings. The lowest BCUT2D eigenvalue weighted by Gasteiger charge is -2.22. The van der Waals surface area contributed by atoms with Crippen LogP contribution in [0.15, 0.2) is 0 Å². The minimum absolute atomic E-state index is 0.00817. The topological polar surface area (TPSA) is 267 Å². The van der Waals surface area contributed by atoms with Gasteiger partial charge in [-0.05, 0) is 38.5 Å². The van der Waals surface area contributed by atoms with Gasteiger partial charge in [0.05, 0.1) is 38.2 Å². The fraction of sp³-hybridized carbons (Fsp3) is 0.918. The molecule has 0 fully saturated rings. The number of rotatable bonds is 49. The van der Waals surface area contributed by atoms with Crippen molar-refractivity contribution in [1.82, 2.24) is 16.0 Å². The Morgan fingerprint density at radius 3 is 1.43 bits per heavy atom. The van der Waals surface area contributed by atoms with Crippen LogP contribution in [0, 0.1) is 0 Å². The van der Waals surface area contributed by atoms with E-state index in [1.54, 1.807) is 0 Å². The van der Waals surface area contributed by atoms with Gasteiger partial charge in [-0.25, -0.2) is 9.13 Å². The van der Waals surface area contributed by atoms with E-state index in [1.165, 1.54) is 96.3 Å². The highest BCUT2D eigenvalue weighted by atomic mass is 31.2. The molecule has 0 bridgehead atoms. The van der Waals surface area contributed by atoms with Crippen LogP contribution in [-0.2, 0) is 42.1 Å². The minimum Gasteiger partial charge on any atom is -0.462 e. The van der Waals surface area contributed by atoms with E-state index in [1.807, 2.05) is 0 Å². The fourth-order valence-corrected chi connectivity index (χ4v) is 8.81. The molecule has 0 heterocycles. The van der Waals surface area contributed by atoms with Crippen molar-refractivity contribution in [2.24, 2.45) is 0 Å². The van der Waals surface area contributed by atoms with Crippen molar-refractivity contribution in [3.63, 3.8) is 0 Å². The number of phosphoric ester groups is 2. The van der Waals surface area contributed by atoms with Gasteiger partial charge < -0.3 is 45.4 Å². The van der Waals surface area contributed by atoms with Crippen molar-refractivity contribution < 1.29 is 66.8 Å². The zero-order valence-corrected chi connectivity index (χ0v) is 44.3. The van der Waals surface area contributed by atoms with Gasteiger partial charge >= 0.3 is 21.6 Å². The van der Waals surface area contributed by atoms with Crippen LogP contribution in [0.1, 0.15) is 245 Å². The van der Waals surface area contributed by atoms with Gasteiger partial charge in [-0.3, -0.25) is 28.2 Å². The highest BCUT2D eigenvalue weighted by molar-refractivity contribution is 7.46. The van der Waals surface area contributed by atoms with E-state index in [-0.39, 0.29) is 51.0 Å². The molecule has 17 nitrogen and oxygen atoms in total. The maximum Gasteiger partial charge on any atom is 0.469 e. The molecule has 0 spiro atoms. The maximum absolute atomic E-state index is 13.5. The molecular formula is C49H97N3O14P2. The van der Waals surface area contributed by atoms with Gasteiger partial charge in [0.1, 0.15) is 12.1 Å². The van der Waals surface area contributed by atoms with E-state index in [0.717, 1.165) is 70.6 Å². The highest BCUT2D eigenvalue weighted by Gasteiger charge is 2.26. The summed E-state index contributed by atoms with van der Waals surface area (Å²) >= 11 is 0. The Kier molecular flexibility index (Phi) is 42.6. The zero-order chi connectivity index (χ0) is 50.7. The van der Waals surface area contributed by atoms with Crippen LogP contribution < -0.4 is 16.0 Å². The Bertz CT molecular complexity index is 1370. The monoisotopic (exact) mass is 1010 g/mol. The molecule has 4 unspecified atom stereocenters. The van der Waals surface area contributed by atoms with Crippen molar-refractivity contribution in [2.45, 2.75) is 270 Å². The average molecular weight is 1010 g/mol. The third kappa shape index (κ3) is 45.2. The Hall–Kier alpha value is -1.94. The number of esters is 1. The summed E-state index contributed by atoms with van der Waals surface area (Å²) < 4.78 is 38.0. The first-order valence-electron chi connectivity index (χ1n) is 26.6. The fourth-order valence-electron chi connectivity index (χ4n) is 8.09. The third-order valence-electron chi connectivity index (χ3n) is 12.0. The average Bonchev–Trinajstić information content (AvgIpc) is 3.26. The number of aliphatic hydroxyl groups is 1. The second-order valence-corrected chi connectivity index (χ2v) is 21.2. The smallest absolute Gasteiger partial charge is 0.462 e. The molecule has 402 valence electrons. The van der Waals surface area contributed by atoms with E-state index in [2.05, 4.69) is 45.8 Å². The van der Waals surface area contributed by atoms with Crippen molar-refractivity contribution >= 4 is 39.3 Å². The lowest BCUT2D eigenvalue weighted by molar-refractivity contribution is -0.151. The van der Waals surface area contributed by atoms with Gasteiger partial charge in [0.2, 0.25) is 17.7 Å². The molecule has 3 amide bonds. The first kappa shape index (κ1) is 66.1. The summed E-state index contributed by atoms with van der Waals surface area (Å²) in [7, 11) is -9.77. The largest absolute Gasteiger partial charge is 0.469 e. The number of aliphatic hydroxyl groups excluding tert-OH is 1. The van der Waals surface area contributed by atoms with E-state index in [9.17, 15) is 53.0 Å². The van der Waals surface area contributed by atoms with E-state index in [0.29, 0.717) is 19.3 Å². The lowest BCUT2D eigenvalue weighted by Crippen LogP contribution is -2.48. The van der Waals surface area contributed by atoms with E-state index in [4.69, 9.17) is 4.74 Å². The summed E-state index contributed by atoms with van der Waals surface area (Å²) in [4.78, 5) is 89.8. The second kappa shape index (κ2) is 43.8. The second-order valence-electron chi connectivity index (χ2n) is 18.7. The molecule has 0 saturated heterocycles. The summed E-state index contributed by atoms with van der Waals surface area (Å²) in [6.45, 7) is 5.47. The van der Waals surface area contributed by atoms with Crippen LogP contribution in [0.4, 0.5) is 0 Å². The number of hydrogen-bond donors (Lipinski definition) is 8. The molecule has 0 aromatic heterocycles. The molecule has 0 aromatic carbocycles. The number of phosphoric acid groups is 2. The number of carbonyl (C=O) groups is 4. The van der Waals surface area contributed by atoms with Gasteiger partial charge in [0.25, 0.3) is 0 Å². The molecule has 68 heavy (non-hydrogen) atoms. The summed E-state index contributed by atoms with van der Waals surface area (Å²) in [5, 5.41) is 18.4. The number of amides is 3. The molecule has 0 aromatic rings. The summed E-state index contributed by atoms with van der Waals surface area (Å²) in [5.74, 6) is -2.17. The van der Waals surface area contributed by atoms with Crippen molar-refractivity contribution in [3.05, 3.63) is 0 Å². The van der Waals surface area contributed by atoms with E-state index < -0.39 is 70.9 Å². The van der Waals surface area contributed by atoms with Gasteiger partial charge in [0, 0.05) is 19.4 Å². The van der Waals surface area contributed by atoms with Gasteiger partial charge in [-0.2, -0.15) is 0 Å². The molecule has 0 saturated carbocycles. The number of hydrogen-bond acceptors (Lipinski definition) is 10. The van der Waals surface area contributed by atoms with Crippen LogP contribution >= 0.6 is 15.6 Å². The van der Waals surface area contributed by atoms with Crippen LogP contribution in [0.5, 0.6) is 0 Å². The minimum atomic E-state index is -4.89. The zero-order valence-electron chi connectivity index (χ0n) is 42.5. The first-order valence-corrected chi connectivity index (χ1v) is 29.7. The van der Waals surface area contributed by atoms with E-state index >= 15 is 0 Å². The Balaban J connectivity index is 5.40. The molecule has 4 atom stereocenters. The van der Waals surface area contributed by atoms with Crippen LogP contribution in [0.2, 0.25) is 0 Å². The quantitative estimate of drug-likeness (QED) is 0.0160. The Labute approximate surface area is 410 Å². The van der Waals surface area contributed by atoms with Gasteiger partial charge in [-0.1, -0.05) is 181 Å². The predicted molar refractivity (Wildman–Crippen MR) is 267 cm³/mol. The Morgan fingerprint density at radius 2 is 0.941 bits per heavy atom. The summed E-state index contributed by atoms with van der Waals surface area (Å²) in [6.07, 6.45) is 29.0. The normalized spacial score (nSPS) is 13.7. The lowest BCUT2D eigenvalue weighted by atomic mass is 10.0. The highest BCUT2D eigenvalue weighted by Crippen LogP contribution is 2.36. The first-order chi connectivity index (χ1) is 32.5. The summed E-state index contributed by atoms with van der Waals surface area (Å²) in [5.41, 5.74) is 0. The number of carbonyl (C=O) groups excluding carboxylic acids is 4.